The summed E-state index contributed by atoms with van der Waals surface area (Å²) in [6.45, 7) is 7.49. The quantitative estimate of drug-likeness (QED) is 0.904. The van der Waals surface area contributed by atoms with E-state index in [0.717, 1.165) is 44.5 Å². The van der Waals surface area contributed by atoms with E-state index in [0.29, 0.717) is 6.04 Å². The van der Waals surface area contributed by atoms with E-state index >= 15 is 0 Å². The molecule has 1 aliphatic heterocycles. The zero-order valence-electron chi connectivity index (χ0n) is 12.2. The van der Waals surface area contributed by atoms with Gasteiger partial charge in [-0.2, -0.15) is 0 Å². The maximum absolute atomic E-state index is 5.99. The van der Waals surface area contributed by atoms with Gasteiger partial charge in [0.1, 0.15) is 5.75 Å². The van der Waals surface area contributed by atoms with Crippen LogP contribution in [0.4, 0.5) is 0 Å². The predicted molar refractivity (Wildman–Crippen MR) is 84.7 cm³/mol. The molecule has 0 spiro atoms. The minimum Gasteiger partial charge on any atom is -0.493 e. The number of piperazine rings is 1. The highest BCUT2D eigenvalue weighted by Crippen LogP contribution is 2.30. The van der Waals surface area contributed by atoms with Gasteiger partial charge in [0, 0.05) is 37.8 Å². The van der Waals surface area contributed by atoms with Gasteiger partial charge in [0.05, 0.1) is 6.61 Å². The van der Waals surface area contributed by atoms with E-state index in [1.54, 1.807) is 0 Å². The van der Waals surface area contributed by atoms with Gasteiger partial charge in [-0.3, -0.25) is 4.90 Å². The molecular weight excluding hydrogens is 272 g/mol. The Kier molecular flexibility index (Phi) is 5.70. The highest BCUT2D eigenvalue weighted by Gasteiger charge is 2.22. The summed E-state index contributed by atoms with van der Waals surface area (Å²) in [6, 6.07) is 9.10. The molecule has 1 atom stereocenters. The maximum atomic E-state index is 5.99. The van der Waals surface area contributed by atoms with E-state index in [1.807, 2.05) is 0 Å². The van der Waals surface area contributed by atoms with Crippen molar-refractivity contribution in [2.45, 2.75) is 32.4 Å². The highest BCUT2D eigenvalue weighted by atomic mass is 35.5. The van der Waals surface area contributed by atoms with Gasteiger partial charge in [0.2, 0.25) is 0 Å². The second-order valence-electron chi connectivity index (χ2n) is 5.95. The summed E-state index contributed by atoms with van der Waals surface area (Å²) in [5.41, 5.74) is 1.33. The topological polar surface area (TPSA) is 24.5 Å². The fourth-order valence-electron chi connectivity index (χ4n) is 2.66. The van der Waals surface area contributed by atoms with Crippen molar-refractivity contribution in [1.29, 1.82) is 0 Å². The Balaban J connectivity index is 0.00000147. The van der Waals surface area contributed by atoms with Gasteiger partial charge in [-0.25, -0.2) is 0 Å². The van der Waals surface area contributed by atoms with Crippen LogP contribution in [-0.2, 0) is 6.54 Å². The van der Waals surface area contributed by atoms with Gasteiger partial charge in [0.15, 0.2) is 0 Å². The lowest BCUT2D eigenvalue weighted by atomic mass is 10.1. The standard InChI is InChI=1S/C16H24N2O.ClH/c1-13-10-18(9-8-17-13)11-15-4-2-3-5-16(15)19-12-14-6-7-14;/h2-5,13-14,17H,6-12H2,1H3;1H/t13-;/m0./s1. The smallest absolute Gasteiger partial charge is 0.123 e. The van der Waals surface area contributed by atoms with E-state index in [2.05, 4.69) is 41.4 Å². The number of para-hydroxylation sites is 1. The molecule has 0 aromatic heterocycles. The number of hydrogen-bond acceptors (Lipinski definition) is 3. The lowest BCUT2D eigenvalue weighted by molar-refractivity contribution is 0.195. The molecular formula is C16H25ClN2O. The first-order chi connectivity index (χ1) is 9.31. The number of hydrogen-bond donors (Lipinski definition) is 1. The number of rotatable bonds is 5. The van der Waals surface area contributed by atoms with Crippen molar-refractivity contribution in [3.63, 3.8) is 0 Å². The third kappa shape index (κ3) is 4.37. The Morgan fingerprint density at radius 3 is 2.85 bits per heavy atom. The molecule has 1 saturated carbocycles. The summed E-state index contributed by atoms with van der Waals surface area (Å²) in [4.78, 5) is 2.51. The molecule has 2 fully saturated rings. The van der Waals surface area contributed by atoms with Crippen molar-refractivity contribution in [3.05, 3.63) is 29.8 Å². The molecule has 1 N–H and O–H groups in total. The zero-order chi connectivity index (χ0) is 13.1. The molecule has 1 aromatic rings. The van der Waals surface area contributed by atoms with Gasteiger partial charge in [-0.1, -0.05) is 18.2 Å². The van der Waals surface area contributed by atoms with Crippen LogP contribution in [0.2, 0.25) is 0 Å². The van der Waals surface area contributed by atoms with Gasteiger partial charge >= 0.3 is 0 Å². The van der Waals surface area contributed by atoms with Gasteiger partial charge in [0.25, 0.3) is 0 Å². The van der Waals surface area contributed by atoms with E-state index < -0.39 is 0 Å². The van der Waals surface area contributed by atoms with E-state index in [9.17, 15) is 0 Å². The summed E-state index contributed by atoms with van der Waals surface area (Å²) in [5, 5.41) is 3.49. The molecule has 0 amide bonds. The van der Waals surface area contributed by atoms with Crippen LogP contribution in [0.25, 0.3) is 0 Å². The van der Waals surface area contributed by atoms with E-state index in [4.69, 9.17) is 4.74 Å². The molecule has 3 rings (SSSR count). The first-order valence-electron chi connectivity index (χ1n) is 7.47. The summed E-state index contributed by atoms with van der Waals surface area (Å²) in [6.07, 6.45) is 2.69. The third-order valence-electron chi connectivity index (χ3n) is 3.99. The van der Waals surface area contributed by atoms with E-state index in [-0.39, 0.29) is 12.4 Å². The van der Waals surface area contributed by atoms with Crippen molar-refractivity contribution in [2.24, 2.45) is 5.92 Å². The van der Waals surface area contributed by atoms with Crippen LogP contribution in [0.3, 0.4) is 0 Å². The average Bonchev–Trinajstić information content (AvgIpc) is 3.22. The lowest BCUT2D eigenvalue weighted by Gasteiger charge is -2.32. The average molecular weight is 297 g/mol. The first-order valence-corrected chi connectivity index (χ1v) is 7.47. The Labute approximate surface area is 128 Å². The third-order valence-corrected chi connectivity index (χ3v) is 3.99. The molecule has 0 radical (unpaired) electrons. The van der Waals surface area contributed by atoms with Crippen molar-refractivity contribution in [3.8, 4) is 5.75 Å². The molecule has 1 heterocycles. The minimum atomic E-state index is 0. The van der Waals surface area contributed by atoms with Gasteiger partial charge < -0.3 is 10.1 Å². The van der Waals surface area contributed by atoms with Crippen molar-refractivity contribution < 1.29 is 4.74 Å². The van der Waals surface area contributed by atoms with Gasteiger partial charge in [-0.05, 0) is 31.7 Å². The SMILES string of the molecule is C[C@H]1CN(Cc2ccccc2OCC2CC2)CCN1.Cl. The summed E-state index contributed by atoms with van der Waals surface area (Å²) in [5.74, 6) is 1.90. The Hall–Kier alpha value is -0.770. The van der Waals surface area contributed by atoms with Crippen LogP contribution in [0.1, 0.15) is 25.3 Å². The van der Waals surface area contributed by atoms with Crippen molar-refractivity contribution >= 4 is 12.4 Å². The molecule has 112 valence electrons. The molecule has 2 aliphatic rings. The summed E-state index contributed by atoms with van der Waals surface area (Å²) in [7, 11) is 0. The fourth-order valence-corrected chi connectivity index (χ4v) is 2.66. The Bertz CT molecular complexity index is 423. The van der Waals surface area contributed by atoms with Gasteiger partial charge in [-0.15, -0.1) is 12.4 Å². The number of nitrogens with one attached hydrogen (secondary N) is 1. The number of halogens is 1. The van der Waals surface area contributed by atoms with Crippen molar-refractivity contribution in [1.82, 2.24) is 10.2 Å². The fraction of sp³-hybridized carbons (Fsp3) is 0.625. The Morgan fingerprint density at radius 2 is 2.10 bits per heavy atom. The van der Waals surface area contributed by atoms with Crippen molar-refractivity contribution in [2.75, 3.05) is 26.2 Å². The second kappa shape index (κ2) is 7.30. The minimum absolute atomic E-state index is 0. The molecule has 4 heteroatoms. The molecule has 1 aromatic carbocycles. The molecule has 1 aliphatic carbocycles. The van der Waals surface area contributed by atoms with Crippen LogP contribution in [-0.4, -0.2) is 37.2 Å². The molecule has 20 heavy (non-hydrogen) atoms. The lowest BCUT2D eigenvalue weighted by Crippen LogP contribution is -2.48. The van der Waals surface area contributed by atoms with Crippen LogP contribution in [0.5, 0.6) is 5.75 Å². The second-order valence-corrected chi connectivity index (χ2v) is 5.95. The van der Waals surface area contributed by atoms with Crippen LogP contribution >= 0.6 is 12.4 Å². The van der Waals surface area contributed by atoms with Crippen LogP contribution < -0.4 is 10.1 Å². The molecule has 3 nitrogen and oxygen atoms in total. The molecule has 1 saturated heterocycles. The van der Waals surface area contributed by atoms with Crippen LogP contribution in [0.15, 0.2) is 24.3 Å². The normalized spacial score (nSPS) is 23.1. The zero-order valence-corrected chi connectivity index (χ0v) is 13.0. The molecule has 0 bridgehead atoms. The molecule has 0 unspecified atom stereocenters. The number of benzene rings is 1. The van der Waals surface area contributed by atoms with Crippen LogP contribution in [0, 0.1) is 5.92 Å². The summed E-state index contributed by atoms with van der Waals surface area (Å²) < 4.78 is 5.99. The predicted octanol–water partition coefficient (Wildman–Crippen LogP) is 2.69. The maximum Gasteiger partial charge on any atom is 0.123 e. The Morgan fingerprint density at radius 1 is 1.30 bits per heavy atom. The monoisotopic (exact) mass is 296 g/mol. The number of ether oxygens (including phenoxy) is 1. The largest absolute Gasteiger partial charge is 0.493 e. The van der Waals surface area contributed by atoms with E-state index in [1.165, 1.54) is 18.4 Å². The summed E-state index contributed by atoms with van der Waals surface area (Å²) >= 11 is 0. The first kappa shape index (κ1) is 15.6. The highest BCUT2D eigenvalue weighted by molar-refractivity contribution is 5.85. The number of nitrogens with zero attached hydrogens (tertiary/aromatic N) is 1.